The summed E-state index contributed by atoms with van der Waals surface area (Å²) in [6.45, 7) is 3.60. The first-order valence-electron chi connectivity index (χ1n) is 10.7. The van der Waals surface area contributed by atoms with Crippen molar-refractivity contribution in [3.8, 4) is 0 Å². The number of benzene rings is 1. The van der Waals surface area contributed by atoms with Crippen LogP contribution < -0.4 is 10.0 Å². The van der Waals surface area contributed by atoms with E-state index in [9.17, 15) is 17.6 Å². The van der Waals surface area contributed by atoms with Crippen molar-refractivity contribution in [2.24, 2.45) is 5.92 Å². The zero-order valence-corrected chi connectivity index (χ0v) is 18.3. The highest BCUT2D eigenvalue weighted by Gasteiger charge is 2.31. The quantitative estimate of drug-likeness (QED) is 0.645. The Bertz CT molecular complexity index is 1010. The summed E-state index contributed by atoms with van der Waals surface area (Å²) >= 11 is 0. The lowest BCUT2D eigenvalue weighted by Gasteiger charge is -2.31. The number of sulfonamides is 1. The normalized spacial score (nSPS) is 19.3. The van der Waals surface area contributed by atoms with Crippen molar-refractivity contribution < 1.29 is 17.6 Å². The molecule has 2 aliphatic rings. The van der Waals surface area contributed by atoms with Gasteiger partial charge in [-0.25, -0.2) is 22.2 Å². The van der Waals surface area contributed by atoms with Gasteiger partial charge in [-0.15, -0.1) is 0 Å². The topological polar surface area (TPSA) is 96.3 Å². The summed E-state index contributed by atoms with van der Waals surface area (Å²) in [7, 11) is -3.69. The minimum Gasteiger partial charge on any atom is -0.310 e. The minimum absolute atomic E-state index is 0.0488. The zero-order valence-electron chi connectivity index (χ0n) is 17.5. The van der Waals surface area contributed by atoms with E-state index in [0.29, 0.717) is 37.7 Å². The molecule has 1 atom stereocenters. The average molecular weight is 450 g/mol. The summed E-state index contributed by atoms with van der Waals surface area (Å²) in [5, 5.41) is 7.31. The summed E-state index contributed by atoms with van der Waals surface area (Å²) in [6.07, 6.45) is 5.31. The third-order valence-electron chi connectivity index (χ3n) is 6.03. The molecular formula is C21H28FN5O3S. The van der Waals surface area contributed by atoms with Crippen LogP contribution in [0.1, 0.15) is 38.6 Å². The van der Waals surface area contributed by atoms with E-state index >= 15 is 0 Å². The predicted molar refractivity (Wildman–Crippen MR) is 114 cm³/mol. The van der Waals surface area contributed by atoms with Crippen LogP contribution in [0, 0.1) is 11.7 Å². The van der Waals surface area contributed by atoms with Crippen molar-refractivity contribution in [1.82, 2.24) is 19.4 Å². The number of hydrogen-bond donors (Lipinski definition) is 2. The second-order valence-electron chi connectivity index (χ2n) is 8.41. The van der Waals surface area contributed by atoms with Gasteiger partial charge in [0.2, 0.25) is 15.9 Å². The highest BCUT2D eigenvalue weighted by molar-refractivity contribution is 7.89. The number of hydrogen-bond acceptors (Lipinski definition) is 5. The molecule has 8 nitrogen and oxygen atoms in total. The van der Waals surface area contributed by atoms with Crippen LogP contribution in [0.25, 0.3) is 0 Å². The van der Waals surface area contributed by atoms with E-state index in [1.807, 2.05) is 15.6 Å². The Balaban J connectivity index is 1.25. The van der Waals surface area contributed by atoms with Gasteiger partial charge >= 0.3 is 0 Å². The van der Waals surface area contributed by atoms with Crippen molar-refractivity contribution >= 4 is 21.7 Å². The Hall–Kier alpha value is -2.30. The van der Waals surface area contributed by atoms with Crippen molar-refractivity contribution in [1.29, 1.82) is 0 Å². The van der Waals surface area contributed by atoms with Crippen LogP contribution in [0.3, 0.4) is 0 Å². The van der Waals surface area contributed by atoms with Crippen molar-refractivity contribution in [2.45, 2.75) is 49.6 Å². The van der Waals surface area contributed by atoms with Crippen LogP contribution in [0.5, 0.6) is 0 Å². The van der Waals surface area contributed by atoms with Crippen LogP contribution in [0.15, 0.2) is 41.4 Å². The maximum absolute atomic E-state index is 13.0. The molecule has 2 N–H and O–H groups in total. The maximum atomic E-state index is 13.0. The van der Waals surface area contributed by atoms with E-state index in [2.05, 4.69) is 22.1 Å². The van der Waals surface area contributed by atoms with Gasteiger partial charge in [-0.05, 0) is 62.8 Å². The van der Waals surface area contributed by atoms with Crippen LogP contribution in [-0.2, 0) is 14.8 Å². The number of piperidine rings is 1. The first-order chi connectivity index (χ1) is 14.8. The molecule has 1 aliphatic heterocycles. The maximum Gasteiger partial charge on any atom is 0.240 e. The van der Waals surface area contributed by atoms with Gasteiger partial charge in [0.25, 0.3) is 0 Å². The Labute approximate surface area is 181 Å². The lowest BCUT2D eigenvalue weighted by molar-refractivity contribution is -0.117. The van der Waals surface area contributed by atoms with Gasteiger partial charge in [0.1, 0.15) is 11.6 Å². The first kappa shape index (κ1) is 21.9. The lowest BCUT2D eigenvalue weighted by atomic mass is 10.1. The van der Waals surface area contributed by atoms with Gasteiger partial charge < -0.3 is 5.32 Å². The molecule has 1 aromatic carbocycles. The minimum atomic E-state index is -3.69. The molecule has 2 heterocycles. The standard InChI is InChI=1S/C21H28FN5O3S/c1-15(16-2-3-16)27-20(8-11-23-27)24-21(28)14-26-12-9-18(10-13-26)25-31(29,30)19-6-4-17(22)5-7-19/h4-8,11,15-16,18,25H,2-3,9-10,12-14H2,1H3,(H,24,28). The summed E-state index contributed by atoms with van der Waals surface area (Å²) < 4.78 is 42.5. The molecule has 31 heavy (non-hydrogen) atoms. The molecule has 1 saturated carbocycles. The number of carbonyl (C=O) groups is 1. The number of amides is 1. The van der Waals surface area contributed by atoms with E-state index in [0.717, 1.165) is 12.1 Å². The second kappa shape index (κ2) is 9.05. The van der Waals surface area contributed by atoms with Gasteiger partial charge in [0, 0.05) is 25.2 Å². The SMILES string of the molecule is CC(C1CC1)n1nccc1NC(=O)CN1CCC(NS(=O)(=O)c2ccc(F)cc2)CC1. The van der Waals surface area contributed by atoms with E-state index in [1.165, 1.54) is 25.0 Å². The van der Waals surface area contributed by atoms with Gasteiger partial charge in [-0.3, -0.25) is 9.69 Å². The summed E-state index contributed by atoms with van der Waals surface area (Å²) in [5.41, 5.74) is 0. The Morgan fingerprint density at radius 1 is 1.16 bits per heavy atom. The molecule has 0 bridgehead atoms. The molecule has 0 radical (unpaired) electrons. The Kier molecular flexibility index (Phi) is 6.40. The summed E-state index contributed by atoms with van der Waals surface area (Å²) in [4.78, 5) is 14.6. The van der Waals surface area contributed by atoms with Crippen molar-refractivity contribution in [3.63, 3.8) is 0 Å². The monoisotopic (exact) mass is 449 g/mol. The fraction of sp³-hybridized carbons (Fsp3) is 0.524. The molecule has 4 rings (SSSR count). The number of rotatable bonds is 8. The fourth-order valence-corrected chi connectivity index (χ4v) is 5.32. The van der Waals surface area contributed by atoms with Crippen molar-refractivity contribution in [3.05, 3.63) is 42.3 Å². The number of halogens is 1. The molecular weight excluding hydrogens is 421 g/mol. The molecule has 2 aromatic rings. The van der Waals surface area contributed by atoms with Crippen molar-refractivity contribution in [2.75, 3.05) is 25.0 Å². The molecule has 1 saturated heterocycles. The largest absolute Gasteiger partial charge is 0.310 e. The van der Waals surface area contributed by atoms with Gasteiger partial charge in [0.15, 0.2) is 0 Å². The number of anilines is 1. The molecule has 1 aromatic heterocycles. The number of aromatic nitrogens is 2. The van der Waals surface area contributed by atoms with Gasteiger partial charge in [-0.2, -0.15) is 5.10 Å². The molecule has 168 valence electrons. The van der Waals surface area contributed by atoms with Gasteiger partial charge in [0.05, 0.1) is 23.7 Å². The summed E-state index contributed by atoms with van der Waals surface area (Å²) in [6, 6.07) is 6.65. The molecule has 0 spiro atoms. The van der Waals surface area contributed by atoms with E-state index in [1.54, 1.807) is 6.20 Å². The molecule has 10 heteroatoms. The third kappa shape index (κ3) is 5.50. The van der Waals surface area contributed by atoms with E-state index < -0.39 is 15.8 Å². The van der Waals surface area contributed by atoms with E-state index in [-0.39, 0.29) is 29.4 Å². The molecule has 2 fully saturated rings. The number of nitrogens with zero attached hydrogens (tertiary/aromatic N) is 3. The number of likely N-dealkylation sites (tertiary alicyclic amines) is 1. The molecule has 1 aliphatic carbocycles. The highest BCUT2D eigenvalue weighted by Crippen LogP contribution is 2.40. The Morgan fingerprint density at radius 3 is 2.48 bits per heavy atom. The van der Waals surface area contributed by atoms with E-state index in [4.69, 9.17) is 0 Å². The molecule has 1 unspecified atom stereocenters. The Morgan fingerprint density at radius 2 is 1.84 bits per heavy atom. The van der Waals surface area contributed by atoms with Crippen LogP contribution in [0.2, 0.25) is 0 Å². The summed E-state index contributed by atoms with van der Waals surface area (Å²) in [5.74, 6) is 0.769. The predicted octanol–water partition coefficient (Wildman–Crippen LogP) is 2.37. The lowest BCUT2D eigenvalue weighted by Crippen LogP contribution is -2.46. The van der Waals surface area contributed by atoms with Gasteiger partial charge in [-0.1, -0.05) is 0 Å². The fourth-order valence-electron chi connectivity index (χ4n) is 4.01. The highest BCUT2D eigenvalue weighted by atomic mass is 32.2. The third-order valence-corrected chi connectivity index (χ3v) is 7.56. The average Bonchev–Trinajstić information content (AvgIpc) is 3.48. The van der Waals surface area contributed by atoms with Crippen LogP contribution >= 0.6 is 0 Å². The molecule has 1 amide bonds. The number of nitrogens with one attached hydrogen (secondary N) is 2. The van der Waals surface area contributed by atoms with Crippen LogP contribution in [-0.4, -0.2) is 54.7 Å². The smallest absolute Gasteiger partial charge is 0.240 e. The second-order valence-corrected chi connectivity index (χ2v) is 10.1. The number of carbonyl (C=O) groups excluding carboxylic acids is 1. The zero-order chi connectivity index (χ0) is 22.0. The first-order valence-corrected chi connectivity index (χ1v) is 12.1. The van der Waals surface area contributed by atoms with Crippen LogP contribution in [0.4, 0.5) is 10.2 Å².